The molecule has 4 heterocycles. The monoisotopic (exact) mass is 629 g/mol. The highest BCUT2D eigenvalue weighted by atomic mass is 35.5. The molecule has 2 aromatic heterocycles. The molecule has 0 radical (unpaired) electrons. The Hall–Kier alpha value is -1.96. The number of imidazole rings is 1. The summed E-state index contributed by atoms with van der Waals surface area (Å²) in [7, 11) is -9.53. The number of fused-ring (bicyclic) bond motifs is 3. The highest BCUT2D eigenvalue weighted by Crippen LogP contribution is 2.55. The van der Waals surface area contributed by atoms with E-state index in [1.807, 2.05) is 0 Å². The van der Waals surface area contributed by atoms with Gasteiger partial charge in [0.1, 0.15) is 18.3 Å². The second-order valence-corrected chi connectivity index (χ2v) is 15.2. The van der Waals surface area contributed by atoms with Crippen molar-refractivity contribution in [2.75, 3.05) is 30.5 Å². The lowest BCUT2D eigenvalue weighted by molar-refractivity contribution is -0.0483. The molecule has 1 aromatic carbocycles. The van der Waals surface area contributed by atoms with Crippen LogP contribution in [-0.4, -0.2) is 88.3 Å². The summed E-state index contributed by atoms with van der Waals surface area (Å²) in [5.41, 5.74) is 3.43. The second-order valence-electron chi connectivity index (χ2n) is 10.9. The van der Waals surface area contributed by atoms with E-state index in [1.165, 1.54) is 22.0 Å². The Morgan fingerprint density at radius 1 is 1.12 bits per heavy atom. The molecule has 17 heteroatoms. The first-order chi connectivity index (χ1) is 19.4. The Morgan fingerprint density at radius 2 is 1.90 bits per heavy atom. The standard InChI is InChI=1S/C24H30ClN5O9P2/c25-23-27-20(29-9-8-24(11-29)7-3-5-14-4-1-2-6-15(14)24)17-21(28-23)30(12-26-17)22-19(32)18(31)16(39-22)10-38-41(36,37)13-40(33,34)35/h1-2,4,6,12,16,18-19,22,31-32H,3,5,7-11,13H2,(H,36,37)(H2,33,34,35)/t16-,18+,19?,22-,24?/m1/s1. The Bertz CT molecular complexity index is 1570. The lowest BCUT2D eigenvalue weighted by atomic mass is 9.69. The average Bonchev–Trinajstić information content (AvgIpc) is 3.58. The maximum absolute atomic E-state index is 12.0. The molecule has 3 unspecified atom stereocenters. The lowest BCUT2D eigenvalue weighted by Gasteiger charge is -2.36. The van der Waals surface area contributed by atoms with Gasteiger partial charge in [-0.3, -0.25) is 13.7 Å². The zero-order valence-corrected chi connectivity index (χ0v) is 24.3. The topological polar surface area (TPSA) is 201 Å². The van der Waals surface area contributed by atoms with Crippen LogP contribution in [0.1, 0.15) is 36.6 Å². The minimum atomic E-state index is -4.83. The smallest absolute Gasteiger partial charge is 0.340 e. The molecule has 2 fully saturated rings. The van der Waals surface area contributed by atoms with Crippen molar-refractivity contribution in [1.29, 1.82) is 0 Å². The summed E-state index contributed by atoms with van der Waals surface area (Å²) < 4.78 is 35.1. The van der Waals surface area contributed by atoms with Crippen molar-refractivity contribution >= 4 is 43.8 Å². The molecule has 3 aromatic rings. The Balaban J connectivity index is 1.25. The van der Waals surface area contributed by atoms with E-state index in [-0.39, 0.29) is 16.3 Å². The number of aliphatic hydroxyl groups excluding tert-OH is 2. The average molecular weight is 630 g/mol. The summed E-state index contributed by atoms with van der Waals surface area (Å²) in [4.78, 5) is 43.2. The highest BCUT2D eigenvalue weighted by molar-refractivity contribution is 7.70. The molecule has 1 aliphatic carbocycles. The maximum Gasteiger partial charge on any atom is 0.340 e. The lowest BCUT2D eigenvalue weighted by Crippen LogP contribution is -2.35. The number of hydrogen-bond donors (Lipinski definition) is 5. The fourth-order valence-electron chi connectivity index (χ4n) is 6.33. The molecule has 0 bridgehead atoms. The maximum atomic E-state index is 12.0. The zero-order valence-electron chi connectivity index (χ0n) is 21.7. The quantitative estimate of drug-likeness (QED) is 0.188. The van der Waals surface area contributed by atoms with Gasteiger partial charge in [-0.05, 0) is 48.4 Å². The first kappa shape index (κ1) is 29.1. The van der Waals surface area contributed by atoms with Crippen molar-refractivity contribution in [2.45, 2.75) is 55.6 Å². The molecule has 3 aliphatic rings. The van der Waals surface area contributed by atoms with Gasteiger partial charge >= 0.3 is 15.2 Å². The van der Waals surface area contributed by atoms with E-state index in [0.717, 1.165) is 38.8 Å². The van der Waals surface area contributed by atoms with E-state index in [4.69, 9.17) is 30.6 Å². The van der Waals surface area contributed by atoms with Crippen molar-refractivity contribution in [1.82, 2.24) is 19.5 Å². The third-order valence-electron chi connectivity index (χ3n) is 8.13. The van der Waals surface area contributed by atoms with E-state index in [1.54, 1.807) is 0 Å². The van der Waals surface area contributed by atoms with Gasteiger partial charge in [0.15, 0.2) is 29.1 Å². The third kappa shape index (κ3) is 5.59. The van der Waals surface area contributed by atoms with Crippen molar-refractivity contribution in [2.24, 2.45) is 0 Å². The summed E-state index contributed by atoms with van der Waals surface area (Å²) in [6, 6.07) is 8.55. The van der Waals surface area contributed by atoms with Crippen LogP contribution in [0.3, 0.4) is 0 Å². The number of hydrogen-bond acceptors (Lipinski definition) is 10. The summed E-state index contributed by atoms with van der Waals surface area (Å²) >= 11 is 6.36. The molecule has 2 aliphatic heterocycles. The van der Waals surface area contributed by atoms with Crippen molar-refractivity contribution in [3.63, 3.8) is 0 Å². The van der Waals surface area contributed by atoms with Crippen LogP contribution in [0.2, 0.25) is 5.28 Å². The van der Waals surface area contributed by atoms with Gasteiger partial charge in [0.2, 0.25) is 5.28 Å². The van der Waals surface area contributed by atoms with Gasteiger partial charge in [-0.2, -0.15) is 9.97 Å². The largest absolute Gasteiger partial charge is 0.387 e. The molecule has 222 valence electrons. The number of rotatable bonds is 7. The molecule has 6 rings (SSSR count). The Labute approximate surface area is 239 Å². The van der Waals surface area contributed by atoms with E-state index in [9.17, 15) is 24.2 Å². The summed E-state index contributed by atoms with van der Waals surface area (Å²) in [6.07, 6.45) is 0.0135. The van der Waals surface area contributed by atoms with Crippen molar-refractivity contribution in [3.8, 4) is 0 Å². The molecule has 14 nitrogen and oxygen atoms in total. The molecule has 2 saturated heterocycles. The van der Waals surface area contributed by atoms with Crippen LogP contribution in [-0.2, 0) is 30.2 Å². The minimum absolute atomic E-state index is 0.00478. The summed E-state index contributed by atoms with van der Waals surface area (Å²) in [5, 5.41) is 21.3. The normalized spacial score (nSPS) is 29.8. The Kier molecular flexibility index (Phi) is 7.56. The fraction of sp³-hybridized carbons (Fsp3) is 0.542. The number of nitrogens with zero attached hydrogens (tertiary/aromatic N) is 5. The molecular formula is C24H30ClN5O9P2. The van der Waals surface area contributed by atoms with Gasteiger partial charge in [0.05, 0.1) is 12.9 Å². The van der Waals surface area contributed by atoms with Gasteiger partial charge in [-0.25, -0.2) is 4.98 Å². The van der Waals surface area contributed by atoms with Gasteiger partial charge in [-0.15, -0.1) is 0 Å². The number of aromatic nitrogens is 4. The molecular weight excluding hydrogens is 600 g/mol. The van der Waals surface area contributed by atoms with Crippen molar-refractivity contribution < 1.29 is 43.3 Å². The third-order valence-corrected chi connectivity index (χ3v) is 11.8. The molecule has 0 amide bonds. The highest BCUT2D eigenvalue weighted by Gasteiger charge is 2.47. The number of halogens is 1. The first-order valence-electron chi connectivity index (χ1n) is 13.1. The van der Waals surface area contributed by atoms with Crippen LogP contribution in [0.4, 0.5) is 5.82 Å². The molecule has 1 spiro atoms. The predicted octanol–water partition coefficient (Wildman–Crippen LogP) is 1.92. The van der Waals surface area contributed by atoms with Crippen LogP contribution < -0.4 is 4.90 Å². The van der Waals surface area contributed by atoms with Gasteiger partial charge < -0.3 is 39.1 Å². The van der Waals surface area contributed by atoms with Crippen LogP contribution in [0.25, 0.3) is 11.2 Å². The molecule has 5 N–H and O–H groups in total. The zero-order chi connectivity index (χ0) is 29.2. The van der Waals surface area contributed by atoms with E-state index >= 15 is 0 Å². The van der Waals surface area contributed by atoms with Crippen LogP contribution in [0.5, 0.6) is 0 Å². The van der Waals surface area contributed by atoms with Gasteiger partial charge in [0.25, 0.3) is 0 Å². The van der Waals surface area contributed by atoms with Gasteiger partial charge in [0, 0.05) is 18.5 Å². The molecule has 41 heavy (non-hydrogen) atoms. The van der Waals surface area contributed by atoms with Gasteiger partial charge in [-0.1, -0.05) is 24.3 Å². The van der Waals surface area contributed by atoms with E-state index < -0.39 is 52.2 Å². The number of ether oxygens (including phenoxy) is 1. The van der Waals surface area contributed by atoms with Crippen LogP contribution in [0, 0.1) is 0 Å². The Morgan fingerprint density at radius 3 is 2.68 bits per heavy atom. The first-order valence-corrected chi connectivity index (χ1v) is 17.1. The number of aryl methyl sites for hydroxylation is 1. The van der Waals surface area contributed by atoms with Crippen LogP contribution >= 0.6 is 26.8 Å². The summed E-state index contributed by atoms with van der Waals surface area (Å²) in [5.74, 6) is -0.840. The van der Waals surface area contributed by atoms with E-state index in [0.29, 0.717) is 11.3 Å². The molecule has 0 saturated carbocycles. The predicted molar refractivity (Wildman–Crippen MR) is 147 cm³/mol. The summed E-state index contributed by atoms with van der Waals surface area (Å²) in [6.45, 7) is 0.767. The molecule has 6 atom stereocenters. The fourth-order valence-corrected chi connectivity index (χ4v) is 9.06. The minimum Gasteiger partial charge on any atom is -0.387 e. The number of aliphatic hydroxyl groups is 2. The number of anilines is 1. The van der Waals surface area contributed by atoms with Crippen molar-refractivity contribution in [3.05, 3.63) is 47.0 Å². The number of benzene rings is 1. The van der Waals surface area contributed by atoms with E-state index in [2.05, 4.69) is 44.1 Å². The van der Waals surface area contributed by atoms with Crippen LogP contribution in [0.15, 0.2) is 30.6 Å². The SMILES string of the molecule is O=P(O)(O)CP(=O)(O)OC[C@H]1O[C@@H](n2cnc3c(N4CCC5(CCCc6ccccc65)C4)nc(Cl)nc32)C(O)[C@H]1O. The second kappa shape index (κ2) is 10.6.